The van der Waals surface area contributed by atoms with Gasteiger partial charge in [0.25, 0.3) is 5.91 Å². The highest BCUT2D eigenvalue weighted by Gasteiger charge is 2.13. The molecule has 0 saturated heterocycles. The van der Waals surface area contributed by atoms with Gasteiger partial charge in [0.1, 0.15) is 0 Å². The second-order valence-corrected chi connectivity index (χ2v) is 5.27. The second kappa shape index (κ2) is 5.53. The average molecular weight is 347 g/mol. The number of para-hydroxylation sites is 1. The summed E-state index contributed by atoms with van der Waals surface area (Å²) in [4.78, 5) is 11.9. The predicted octanol–water partition coefficient (Wildman–Crippen LogP) is 3.18. The number of aromatic nitrogens is 3. The molecule has 6 nitrogen and oxygen atoms in total. The van der Waals surface area contributed by atoms with Crippen LogP contribution in [0.4, 0.5) is 5.69 Å². The molecular weight excluding hydrogens is 336 g/mol. The zero-order valence-corrected chi connectivity index (χ0v) is 12.7. The lowest BCUT2D eigenvalue weighted by atomic mass is 10.3. The number of rotatable bonds is 3. The zero-order chi connectivity index (χ0) is 14.8. The Balaban J connectivity index is 1.80. The largest absolute Gasteiger partial charge is 0.351 e. The molecule has 1 N–H and O–H groups in total. The van der Waals surface area contributed by atoms with Crippen LogP contribution in [0, 0.1) is 6.92 Å². The van der Waals surface area contributed by atoms with Crippen LogP contribution in [0.1, 0.15) is 16.2 Å². The van der Waals surface area contributed by atoms with Crippen LogP contribution in [0.25, 0.3) is 5.69 Å². The zero-order valence-electron chi connectivity index (χ0n) is 11.1. The summed E-state index contributed by atoms with van der Waals surface area (Å²) in [5, 5.41) is 10.6. The van der Waals surface area contributed by atoms with Gasteiger partial charge in [0, 0.05) is 10.5 Å². The number of hydrogen-bond acceptors (Lipinski definition) is 4. The topological polar surface area (TPSA) is 73.0 Å². The minimum absolute atomic E-state index is 0.168. The van der Waals surface area contributed by atoms with E-state index in [9.17, 15) is 4.79 Å². The number of aryl methyl sites for hydroxylation is 1. The van der Waals surface area contributed by atoms with E-state index in [1.807, 2.05) is 24.3 Å². The fourth-order valence-electron chi connectivity index (χ4n) is 1.82. The highest BCUT2D eigenvalue weighted by Crippen LogP contribution is 2.21. The summed E-state index contributed by atoms with van der Waals surface area (Å²) in [6, 6.07) is 9.26. The van der Waals surface area contributed by atoms with Gasteiger partial charge in [-0.05, 0) is 35.0 Å². The van der Waals surface area contributed by atoms with Crippen molar-refractivity contribution in [1.29, 1.82) is 0 Å². The first-order valence-corrected chi connectivity index (χ1v) is 6.97. The summed E-state index contributed by atoms with van der Waals surface area (Å²) in [7, 11) is 0. The molecule has 21 heavy (non-hydrogen) atoms. The van der Waals surface area contributed by atoms with Crippen molar-refractivity contribution in [1.82, 2.24) is 14.9 Å². The molecular formula is C14H11BrN4O2. The maximum Gasteiger partial charge on any atom is 0.294 e. The van der Waals surface area contributed by atoms with Gasteiger partial charge in [0.15, 0.2) is 0 Å². The summed E-state index contributed by atoms with van der Waals surface area (Å²) in [6.45, 7) is 1.76. The van der Waals surface area contributed by atoms with Gasteiger partial charge < -0.3 is 9.84 Å². The van der Waals surface area contributed by atoms with Crippen molar-refractivity contribution in [2.75, 3.05) is 5.32 Å². The molecule has 2 heterocycles. The predicted molar refractivity (Wildman–Crippen MR) is 80.5 cm³/mol. The summed E-state index contributed by atoms with van der Waals surface area (Å²) in [5.41, 5.74) is 2.11. The van der Waals surface area contributed by atoms with Crippen molar-refractivity contribution in [3.05, 3.63) is 58.7 Å². The van der Waals surface area contributed by atoms with Gasteiger partial charge in [-0.1, -0.05) is 17.3 Å². The standard InChI is InChI=1S/C14H11BrN4O2/c1-9-6-13(21-18-9)14(20)17-10-7-16-19(8-10)12-5-3-2-4-11(12)15/h2-8H,1H3,(H,17,20). The maximum absolute atomic E-state index is 11.9. The van der Waals surface area contributed by atoms with Crippen LogP contribution in [0.3, 0.4) is 0 Å². The van der Waals surface area contributed by atoms with Gasteiger partial charge in [-0.25, -0.2) is 4.68 Å². The molecule has 3 rings (SSSR count). The molecule has 0 atom stereocenters. The lowest BCUT2D eigenvalue weighted by molar-refractivity contribution is 0.0988. The van der Waals surface area contributed by atoms with Gasteiger partial charge in [0.2, 0.25) is 5.76 Å². The Morgan fingerprint density at radius 2 is 2.19 bits per heavy atom. The Morgan fingerprint density at radius 3 is 2.90 bits per heavy atom. The average Bonchev–Trinajstić information content (AvgIpc) is 3.08. The molecule has 3 aromatic rings. The Hall–Kier alpha value is -2.41. The van der Waals surface area contributed by atoms with E-state index in [0.717, 1.165) is 10.2 Å². The number of carbonyl (C=O) groups is 1. The van der Waals surface area contributed by atoms with Crippen LogP contribution in [-0.2, 0) is 0 Å². The number of anilines is 1. The van der Waals surface area contributed by atoms with E-state index >= 15 is 0 Å². The van der Waals surface area contributed by atoms with E-state index in [4.69, 9.17) is 4.52 Å². The normalized spacial score (nSPS) is 10.6. The Kier molecular flexibility index (Phi) is 3.57. The quantitative estimate of drug-likeness (QED) is 0.790. The summed E-state index contributed by atoms with van der Waals surface area (Å²) < 4.78 is 7.50. The monoisotopic (exact) mass is 346 g/mol. The molecule has 0 fully saturated rings. The van der Waals surface area contributed by atoms with E-state index < -0.39 is 0 Å². The molecule has 1 aromatic carbocycles. The van der Waals surface area contributed by atoms with Gasteiger partial charge in [0.05, 0.1) is 29.5 Å². The maximum atomic E-state index is 11.9. The third-order valence-corrected chi connectivity index (χ3v) is 3.46. The SMILES string of the molecule is Cc1cc(C(=O)Nc2cnn(-c3ccccc3Br)c2)on1. The van der Waals surface area contributed by atoms with Crippen molar-refractivity contribution in [3.8, 4) is 5.69 Å². The fourth-order valence-corrected chi connectivity index (χ4v) is 2.29. The first-order chi connectivity index (χ1) is 10.1. The molecule has 0 aliphatic carbocycles. The molecule has 0 aliphatic rings. The minimum atomic E-state index is -0.359. The number of nitrogens with zero attached hydrogens (tertiary/aromatic N) is 3. The van der Waals surface area contributed by atoms with Gasteiger partial charge in [-0.2, -0.15) is 5.10 Å². The van der Waals surface area contributed by atoms with E-state index in [0.29, 0.717) is 11.4 Å². The number of amides is 1. The van der Waals surface area contributed by atoms with Crippen molar-refractivity contribution < 1.29 is 9.32 Å². The molecule has 1 amide bonds. The van der Waals surface area contributed by atoms with Crippen molar-refractivity contribution in [2.45, 2.75) is 6.92 Å². The highest BCUT2D eigenvalue weighted by atomic mass is 79.9. The van der Waals surface area contributed by atoms with E-state index in [-0.39, 0.29) is 11.7 Å². The summed E-state index contributed by atoms with van der Waals surface area (Å²) >= 11 is 3.46. The second-order valence-electron chi connectivity index (χ2n) is 4.41. The van der Waals surface area contributed by atoms with Crippen molar-refractivity contribution in [2.24, 2.45) is 0 Å². The number of carbonyl (C=O) groups excluding carboxylic acids is 1. The molecule has 7 heteroatoms. The first-order valence-electron chi connectivity index (χ1n) is 6.18. The number of benzene rings is 1. The Bertz CT molecular complexity index is 794. The molecule has 2 aromatic heterocycles. The highest BCUT2D eigenvalue weighted by molar-refractivity contribution is 9.10. The lowest BCUT2D eigenvalue weighted by Gasteiger charge is -2.03. The first kappa shape index (κ1) is 13.6. The number of halogens is 1. The van der Waals surface area contributed by atoms with Crippen LogP contribution < -0.4 is 5.32 Å². The fraction of sp³-hybridized carbons (Fsp3) is 0.0714. The van der Waals surface area contributed by atoms with Crippen LogP contribution >= 0.6 is 15.9 Å². The third-order valence-electron chi connectivity index (χ3n) is 2.79. The van der Waals surface area contributed by atoms with Crippen LogP contribution in [0.15, 0.2) is 51.7 Å². The van der Waals surface area contributed by atoms with E-state index in [1.54, 1.807) is 30.1 Å². The lowest BCUT2D eigenvalue weighted by Crippen LogP contribution is -2.10. The molecule has 106 valence electrons. The molecule has 0 radical (unpaired) electrons. The third kappa shape index (κ3) is 2.87. The smallest absolute Gasteiger partial charge is 0.294 e. The molecule has 0 bridgehead atoms. The van der Waals surface area contributed by atoms with Crippen molar-refractivity contribution >= 4 is 27.5 Å². The summed E-state index contributed by atoms with van der Waals surface area (Å²) in [5.74, 6) is -0.191. The van der Waals surface area contributed by atoms with Gasteiger partial charge >= 0.3 is 0 Å². The van der Waals surface area contributed by atoms with Crippen LogP contribution in [-0.4, -0.2) is 20.8 Å². The van der Waals surface area contributed by atoms with Crippen molar-refractivity contribution in [3.63, 3.8) is 0 Å². The summed E-state index contributed by atoms with van der Waals surface area (Å²) in [6.07, 6.45) is 3.29. The molecule has 0 aliphatic heterocycles. The Labute approximate surface area is 128 Å². The number of hydrogen-bond donors (Lipinski definition) is 1. The Morgan fingerprint density at radius 1 is 1.38 bits per heavy atom. The van der Waals surface area contributed by atoms with E-state index in [1.165, 1.54) is 0 Å². The van der Waals surface area contributed by atoms with E-state index in [2.05, 4.69) is 31.5 Å². The van der Waals surface area contributed by atoms with Crippen LogP contribution in [0.5, 0.6) is 0 Å². The molecule has 0 spiro atoms. The minimum Gasteiger partial charge on any atom is -0.351 e. The molecule has 0 unspecified atom stereocenters. The molecule has 0 saturated carbocycles. The van der Waals surface area contributed by atoms with Gasteiger partial charge in [-0.3, -0.25) is 4.79 Å². The van der Waals surface area contributed by atoms with Crippen LogP contribution in [0.2, 0.25) is 0 Å². The van der Waals surface area contributed by atoms with Gasteiger partial charge in [-0.15, -0.1) is 0 Å². The number of nitrogens with one attached hydrogen (secondary N) is 1.